The molecular formula is C12H19N3O3S. The molecule has 0 saturated heterocycles. The first kappa shape index (κ1) is 15.4. The molecule has 0 unspecified atom stereocenters. The number of carboxylic acids is 1. The molecule has 0 aromatic carbocycles. The van der Waals surface area contributed by atoms with Crippen LogP contribution in [0.3, 0.4) is 0 Å². The predicted molar refractivity (Wildman–Crippen MR) is 73.4 cm³/mol. The smallest absolute Gasteiger partial charge is 0.329 e. The minimum absolute atomic E-state index is 0.402. The van der Waals surface area contributed by atoms with E-state index in [4.69, 9.17) is 5.11 Å². The number of nitrogens with one attached hydrogen (secondary N) is 1. The van der Waals surface area contributed by atoms with Gasteiger partial charge in [-0.25, -0.2) is 14.6 Å². The molecule has 0 aliphatic rings. The van der Waals surface area contributed by atoms with Crippen LogP contribution >= 0.6 is 11.3 Å². The van der Waals surface area contributed by atoms with Gasteiger partial charge in [0.2, 0.25) is 0 Å². The summed E-state index contributed by atoms with van der Waals surface area (Å²) in [6.45, 7) is 5.33. The Morgan fingerprint density at radius 3 is 2.63 bits per heavy atom. The Morgan fingerprint density at radius 1 is 1.53 bits per heavy atom. The Morgan fingerprint density at radius 2 is 2.16 bits per heavy atom. The Kier molecular flexibility index (Phi) is 4.88. The molecule has 0 bridgehead atoms. The topological polar surface area (TPSA) is 82.5 Å². The number of rotatable bonds is 5. The molecule has 0 spiro atoms. The van der Waals surface area contributed by atoms with Crippen LogP contribution in [0.2, 0.25) is 0 Å². The van der Waals surface area contributed by atoms with E-state index in [1.165, 1.54) is 25.8 Å². The molecule has 1 rings (SSSR count). The van der Waals surface area contributed by atoms with Crippen LogP contribution in [-0.4, -0.2) is 46.1 Å². The SMILES string of the molecule is Cc1csc(CCNC(=O)N(C)C(C)(C)C(=O)O)n1. The van der Waals surface area contributed by atoms with E-state index in [1.54, 1.807) is 11.3 Å². The number of aryl methyl sites for hydroxylation is 1. The maximum atomic E-state index is 11.8. The number of urea groups is 1. The molecule has 0 atom stereocenters. The molecule has 19 heavy (non-hydrogen) atoms. The van der Waals surface area contributed by atoms with Gasteiger partial charge < -0.3 is 15.3 Å². The molecule has 0 saturated carbocycles. The first-order valence-electron chi connectivity index (χ1n) is 5.91. The summed E-state index contributed by atoms with van der Waals surface area (Å²) in [5.74, 6) is -1.04. The fourth-order valence-corrected chi connectivity index (χ4v) is 2.09. The number of likely N-dealkylation sites (N-methyl/N-ethyl adjacent to an activating group) is 1. The van der Waals surface area contributed by atoms with Gasteiger partial charge in [0.1, 0.15) is 5.54 Å². The quantitative estimate of drug-likeness (QED) is 0.859. The molecule has 6 nitrogen and oxygen atoms in total. The number of aromatic nitrogens is 1. The van der Waals surface area contributed by atoms with E-state index in [2.05, 4.69) is 10.3 Å². The van der Waals surface area contributed by atoms with Crippen molar-refractivity contribution in [1.29, 1.82) is 0 Å². The normalized spacial score (nSPS) is 11.2. The summed E-state index contributed by atoms with van der Waals surface area (Å²) >= 11 is 1.55. The zero-order chi connectivity index (χ0) is 14.6. The molecule has 2 amide bonds. The van der Waals surface area contributed by atoms with Crippen LogP contribution < -0.4 is 5.32 Å². The third-order valence-corrected chi connectivity index (χ3v) is 3.97. The number of carboxylic acid groups (broad SMARTS) is 1. The summed E-state index contributed by atoms with van der Waals surface area (Å²) in [6.07, 6.45) is 0.644. The number of carbonyl (C=O) groups is 2. The number of nitrogens with zero attached hydrogens (tertiary/aromatic N) is 2. The number of carbonyl (C=O) groups excluding carboxylic acids is 1. The van der Waals surface area contributed by atoms with Gasteiger partial charge in [0.25, 0.3) is 0 Å². The highest BCUT2D eigenvalue weighted by atomic mass is 32.1. The standard InChI is InChI=1S/C12H19N3O3S/c1-8-7-19-9(14-8)5-6-13-11(18)15(4)12(2,3)10(16)17/h7H,5-6H2,1-4H3,(H,13,18)(H,16,17). The Bertz CT molecular complexity index is 471. The van der Waals surface area contributed by atoms with Crippen LogP contribution in [0.15, 0.2) is 5.38 Å². The van der Waals surface area contributed by atoms with Crippen molar-refractivity contribution >= 4 is 23.3 Å². The molecule has 0 aliphatic heterocycles. The van der Waals surface area contributed by atoms with Crippen LogP contribution in [0, 0.1) is 6.92 Å². The second kappa shape index (κ2) is 6.01. The summed E-state index contributed by atoms with van der Waals surface area (Å²) in [5.41, 5.74) is -0.266. The summed E-state index contributed by atoms with van der Waals surface area (Å²) < 4.78 is 0. The molecule has 2 N–H and O–H groups in total. The average Bonchev–Trinajstić information content (AvgIpc) is 2.73. The van der Waals surface area contributed by atoms with E-state index in [9.17, 15) is 9.59 Å². The lowest BCUT2D eigenvalue weighted by atomic mass is 10.1. The Balaban J connectivity index is 2.45. The Hall–Kier alpha value is -1.63. The molecule has 0 aliphatic carbocycles. The number of thiazole rings is 1. The highest BCUT2D eigenvalue weighted by Crippen LogP contribution is 2.12. The molecule has 1 aromatic rings. The number of hydrogen-bond donors (Lipinski definition) is 2. The Labute approximate surface area is 116 Å². The zero-order valence-electron chi connectivity index (χ0n) is 11.6. The molecule has 1 aromatic heterocycles. The lowest BCUT2D eigenvalue weighted by Gasteiger charge is -2.31. The van der Waals surface area contributed by atoms with Crippen LogP contribution in [0.1, 0.15) is 24.5 Å². The van der Waals surface area contributed by atoms with E-state index in [-0.39, 0.29) is 0 Å². The molecule has 7 heteroatoms. The molecule has 106 valence electrons. The van der Waals surface area contributed by atoms with Crippen LogP contribution in [0.4, 0.5) is 4.79 Å². The molecule has 0 radical (unpaired) electrons. The summed E-state index contributed by atoms with van der Waals surface area (Å²) in [5, 5.41) is 14.6. The minimum Gasteiger partial charge on any atom is -0.480 e. The van der Waals surface area contributed by atoms with Crippen molar-refractivity contribution in [3.8, 4) is 0 Å². The maximum absolute atomic E-state index is 11.8. The van der Waals surface area contributed by atoms with Crippen molar-refractivity contribution in [3.05, 3.63) is 16.1 Å². The molecular weight excluding hydrogens is 266 g/mol. The van der Waals surface area contributed by atoms with Gasteiger partial charge in [-0.1, -0.05) is 0 Å². The average molecular weight is 285 g/mol. The monoisotopic (exact) mass is 285 g/mol. The van der Waals surface area contributed by atoms with Crippen molar-refractivity contribution < 1.29 is 14.7 Å². The third kappa shape index (κ3) is 3.92. The summed E-state index contributed by atoms with van der Waals surface area (Å²) in [6, 6.07) is -0.402. The second-order valence-electron chi connectivity index (χ2n) is 4.79. The van der Waals surface area contributed by atoms with Gasteiger partial charge in [-0.2, -0.15) is 0 Å². The van der Waals surface area contributed by atoms with E-state index in [0.29, 0.717) is 13.0 Å². The van der Waals surface area contributed by atoms with Crippen LogP contribution in [0.25, 0.3) is 0 Å². The number of aliphatic carboxylic acids is 1. The fourth-order valence-electron chi connectivity index (χ4n) is 1.31. The van der Waals surface area contributed by atoms with E-state index < -0.39 is 17.5 Å². The lowest BCUT2D eigenvalue weighted by Crippen LogP contribution is -2.54. The van der Waals surface area contributed by atoms with E-state index >= 15 is 0 Å². The zero-order valence-corrected chi connectivity index (χ0v) is 12.4. The molecule has 1 heterocycles. The summed E-state index contributed by atoms with van der Waals surface area (Å²) in [7, 11) is 1.47. The fraction of sp³-hybridized carbons (Fsp3) is 0.583. The van der Waals surface area contributed by atoms with Crippen molar-refractivity contribution in [3.63, 3.8) is 0 Å². The van der Waals surface area contributed by atoms with Gasteiger partial charge in [0.05, 0.1) is 5.01 Å². The van der Waals surface area contributed by atoms with Gasteiger partial charge in [-0.15, -0.1) is 11.3 Å². The van der Waals surface area contributed by atoms with Crippen molar-refractivity contribution in [2.45, 2.75) is 32.7 Å². The van der Waals surface area contributed by atoms with Crippen molar-refractivity contribution in [1.82, 2.24) is 15.2 Å². The second-order valence-corrected chi connectivity index (χ2v) is 5.73. The molecule has 0 fully saturated rings. The van der Waals surface area contributed by atoms with Gasteiger partial charge in [-0.05, 0) is 20.8 Å². The summed E-state index contributed by atoms with van der Waals surface area (Å²) in [4.78, 5) is 28.3. The largest absolute Gasteiger partial charge is 0.480 e. The van der Waals surface area contributed by atoms with Gasteiger partial charge in [-0.3, -0.25) is 0 Å². The highest BCUT2D eigenvalue weighted by molar-refractivity contribution is 7.09. The number of hydrogen-bond acceptors (Lipinski definition) is 4. The van der Waals surface area contributed by atoms with Crippen LogP contribution in [0.5, 0.6) is 0 Å². The van der Waals surface area contributed by atoms with Crippen LogP contribution in [-0.2, 0) is 11.2 Å². The lowest BCUT2D eigenvalue weighted by molar-refractivity contribution is -0.146. The van der Waals surface area contributed by atoms with Gasteiger partial charge >= 0.3 is 12.0 Å². The van der Waals surface area contributed by atoms with Crippen molar-refractivity contribution in [2.24, 2.45) is 0 Å². The van der Waals surface area contributed by atoms with E-state index in [0.717, 1.165) is 10.7 Å². The first-order chi connectivity index (χ1) is 8.75. The number of amides is 2. The first-order valence-corrected chi connectivity index (χ1v) is 6.79. The van der Waals surface area contributed by atoms with Crippen molar-refractivity contribution in [2.75, 3.05) is 13.6 Å². The minimum atomic E-state index is -1.23. The third-order valence-electron chi connectivity index (χ3n) is 2.95. The highest BCUT2D eigenvalue weighted by Gasteiger charge is 2.35. The van der Waals surface area contributed by atoms with Gasteiger partial charge in [0, 0.05) is 31.1 Å². The maximum Gasteiger partial charge on any atom is 0.329 e. The van der Waals surface area contributed by atoms with Gasteiger partial charge in [0.15, 0.2) is 0 Å². The van der Waals surface area contributed by atoms with E-state index in [1.807, 2.05) is 12.3 Å². The predicted octanol–water partition coefficient (Wildman–Crippen LogP) is 1.50.